The van der Waals surface area contributed by atoms with E-state index in [2.05, 4.69) is 47.2 Å². The standard InChI is InChI=1S/C21H32N2O/c1-22-13-20(15-24-14-19-7-8-19)21(16-22)10-12-23(17-21)11-9-18-5-3-2-4-6-18/h2-6,19-20H,7-17H2,1H3/t20-,21+/m1/s1. The Balaban J connectivity index is 1.30. The molecule has 1 aromatic carbocycles. The Labute approximate surface area is 147 Å². The predicted molar refractivity (Wildman–Crippen MR) is 98.2 cm³/mol. The van der Waals surface area contributed by atoms with Crippen molar-refractivity contribution in [1.82, 2.24) is 9.80 Å². The van der Waals surface area contributed by atoms with Crippen molar-refractivity contribution < 1.29 is 4.74 Å². The molecule has 3 aliphatic rings. The van der Waals surface area contributed by atoms with E-state index in [-0.39, 0.29) is 0 Å². The summed E-state index contributed by atoms with van der Waals surface area (Å²) < 4.78 is 6.10. The average Bonchev–Trinajstić information content (AvgIpc) is 3.25. The summed E-state index contributed by atoms with van der Waals surface area (Å²) in [5.41, 5.74) is 1.95. The first kappa shape index (κ1) is 16.6. The first-order valence-corrected chi connectivity index (χ1v) is 9.76. The monoisotopic (exact) mass is 328 g/mol. The number of rotatable bonds is 7. The number of likely N-dealkylation sites (tertiary alicyclic amines) is 2. The van der Waals surface area contributed by atoms with Crippen molar-refractivity contribution in [2.75, 3.05) is 53.0 Å². The first-order valence-electron chi connectivity index (χ1n) is 9.76. The summed E-state index contributed by atoms with van der Waals surface area (Å²) >= 11 is 0. The summed E-state index contributed by atoms with van der Waals surface area (Å²) in [6.07, 6.45) is 5.31. The Morgan fingerprint density at radius 2 is 1.96 bits per heavy atom. The fraction of sp³-hybridized carbons (Fsp3) is 0.714. The number of nitrogens with zero attached hydrogens (tertiary/aromatic N) is 2. The molecule has 0 bridgehead atoms. The molecule has 1 spiro atoms. The number of benzene rings is 1. The summed E-state index contributed by atoms with van der Waals surface area (Å²) in [7, 11) is 2.29. The Morgan fingerprint density at radius 1 is 1.12 bits per heavy atom. The molecule has 1 aromatic rings. The van der Waals surface area contributed by atoms with Gasteiger partial charge in [0.2, 0.25) is 0 Å². The van der Waals surface area contributed by atoms with Crippen molar-refractivity contribution in [2.45, 2.75) is 25.7 Å². The van der Waals surface area contributed by atoms with Gasteiger partial charge in [0.25, 0.3) is 0 Å². The van der Waals surface area contributed by atoms with Crippen LogP contribution in [-0.2, 0) is 11.2 Å². The lowest BCUT2D eigenvalue weighted by atomic mass is 9.77. The molecule has 0 amide bonds. The zero-order valence-corrected chi connectivity index (χ0v) is 15.1. The summed E-state index contributed by atoms with van der Waals surface area (Å²) in [4.78, 5) is 5.23. The van der Waals surface area contributed by atoms with E-state index in [4.69, 9.17) is 4.74 Å². The second kappa shape index (κ2) is 7.15. The van der Waals surface area contributed by atoms with E-state index in [1.807, 2.05) is 0 Å². The molecule has 3 heteroatoms. The van der Waals surface area contributed by atoms with Crippen molar-refractivity contribution >= 4 is 0 Å². The van der Waals surface area contributed by atoms with E-state index in [9.17, 15) is 0 Å². The zero-order valence-electron chi connectivity index (χ0n) is 15.1. The molecular weight excluding hydrogens is 296 g/mol. The first-order chi connectivity index (χ1) is 11.7. The zero-order chi connectivity index (χ0) is 16.4. The largest absolute Gasteiger partial charge is 0.381 e. The molecule has 3 fully saturated rings. The van der Waals surface area contributed by atoms with Crippen LogP contribution in [0.2, 0.25) is 0 Å². The molecule has 0 N–H and O–H groups in total. The average molecular weight is 329 g/mol. The Morgan fingerprint density at radius 3 is 2.75 bits per heavy atom. The summed E-state index contributed by atoms with van der Waals surface area (Å²) in [6, 6.07) is 10.9. The minimum absolute atomic E-state index is 0.481. The van der Waals surface area contributed by atoms with E-state index in [0.29, 0.717) is 5.41 Å². The van der Waals surface area contributed by atoms with Crippen LogP contribution in [0.1, 0.15) is 24.8 Å². The van der Waals surface area contributed by atoms with Crippen LogP contribution >= 0.6 is 0 Å². The highest BCUT2D eigenvalue weighted by molar-refractivity contribution is 5.15. The lowest BCUT2D eigenvalue weighted by Crippen LogP contribution is -2.36. The van der Waals surface area contributed by atoms with Gasteiger partial charge in [-0.3, -0.25) is 0 Å². The van der Waals surface area contributed by atoms with Crippen molar-refractivity contribution in [3.8, 4) is 0 Å². The third-order valence-corrected chi connectivity index (χ3v) is 6.38. The molecule has 24 heavy (non-hydrogen) atoms. The highest BCUT2D eigenvalue weighted by Gasteiger charge is 2.49. The van der Waals surface area contributed by atoms with Crippen LogP contribution in [0.5, 0.6) is 0 Å². The highest BCUT2D eigenvalue weighted by atomic mass is 16.5. The summed E-state index contributed by atoms with van der Waals surface area (Å²) in [5, 5.41) is 0. The molecule has 2 atom stereocenters. The van der Waals surface area contributed by atoms with Gasteiger partial charge in [0.15, 0.2) is 0 Å². The molecule has 132 valence electrons. The van der Waals surface area contributed by atoms with Gasteiger partial charge in [-0.1, -0.05) is 30.3 Å². The number of hydrogen-bond donors (Lipinski definition) is 0. The Hall–Kier alpha value is -0.900. The third-order valence-electron chi connectivity index (χ3n) is 6.38. The lowest BCUT2D eigenvalue weighted by molar-refractivity contribution is 0.0559. The van der Waals surface area contributed by atoms with Crippen LogP contribution in [0, 0.1) is 17.3 Å². The molecule has 2 aliphatic heterocycles. The van der Waals surface area contributed by atoms with Crippen molar-refractivity contribution in [2.24, 2.45) is 17.3 Å². The summed E-state index contributed by atoms with van der Waals surface area (Å²) in [6.45, 7) is 8.19. The van der Waals surface area contributed by atoms with Gasteiger partial charge in [-0.15, -0.1) is 0 Å². The van der Waals surface area contributed by atoms with Gasteiger partial charge in [-0.2, -0.15) is 0 Å². The van der Waals surface area contributed by atoms with Gasteiger partial charge in [-0.05, 0) is 50.8 Å². The predicted octanol–water partition coefficient (Wildman–Crippen LogP) is 2.91. The van der Waals surface area contributed by atoms with Crippen LogP contribution in [0.4, 0.5) is 0 Å². The van der Waals surface area contributed by atoms with Crippen molar-refractivity contribution in [3.05, 3.63) is 35.9 Å². The second-order valence-electron chi connectivity index (χ2n) is 8.50. The molecule has 3 nitrogen and oxygen atoms in total. The maximum atomic E-state index is 6.10. The highest BCUT2D eigenvalue weighted by Crippen LogP contribution is 2.43. The maximum absolute atomic E-state index is 6.10. The minimum atomic E-state index is 0.481. The van der Waals surface area contributed by atoms with Crippen molar-refractivity contribution in [1.29, 1.82) is 0 Å². The molecule has 1 saturated carbocycles. The van der Waals surface area contributed by atoms with Gasteiger partial charge in [0.05, 0.1) is 6.61 Å². The Kier molecular flexibility index (Phi) is 4.93. The fourth-order valence-corrected chi connectivity index (χ4v) is 4.76. The quantitative estimate of drug-likeness (QED) is 0.765. The minimum Gasteiger partial charge on any atom is -0.381 e. The van der Waals surface area contributed by atoms with Crippen LogP contribution in [0.3, 0.4) is 0 Å². The van der Waals surface area contributed by atoms with Crippen molar-refractivity contribution in [3.63, 3.8) is 0 Å². The van der Waals surface area contributed by atoms with Gasteiger partial charge in [0, 0.05) is 44.1 Å². The molecular formula is C21H32N2O. The van der Waals surface area contributed by atoms with E-state index < -0.39 is 0 Å². The van der Waals surface area contributed by atoms with Gasteiger partial charge < -0.3 is 14.5 Å². The molecule has 4 rings (SSSR count). The van der Waals surface area contributed by atoms with Gasteiger partial charge in [0.1, 0.15) is 0 Å². The molecule has 2 heterocycles. The number of hydrogen-bond acceptors (Lipinski definition) is 3. The normalized spacial score (nSPS) is 31.3. The van der Waals surface area contributed by atoms with Crippen LogP contribution in [-0.4, -0.2) is 62.8 Å². The van der Waals surface area contributed by atoms with Gasteiger partial charge >= 0.3 is 0 Å². The van der Waals surface area contributed by atoms with Gasteiger partial charge in [-0.25, -0.2) is 0 Å². The molecule has 1 aliphatic carbocycles. The third kappa shape index (κ3) is 3.84. The van der Waals surface area contributed by atoms with Crippen LogP contribution in [0.15, 0.2) is 30.3 Å². The van der Waals surface area contributed by atoms with E-state index in [0.717, 1.165) is 25.0 Å². The lowest BCUT2D eigenvalue weighted by Gasteiger charge is -2.30. The maximum Gasteiger partial charge on any atom is 0.0512 e. The topological polar surface area (TPSA) is 15.7 Å². The SMILES string of the molecule is CN1C[C@H](COCC2CC2)[C@@]2(CCN(CCc3ccccc3)C2)C1. The molecule has 0 unspecified atom stereocenters. The van der Waals surface area contributed by atoms with E-state index in [1.165, 1.54) is 64.0 Å². The van der Waals surface area contributed by atoms with E-state index in [1.54, 1.807) is 0 Å². The van der Waals surface area contributed by atoms with E-state index >= 15 is 0 Å². The molecule has 2 saturated heterocycles. The summed E-state index contributed by atoms with van der Waals surface area (Å²) in [5.74, 6) is 1.61. The smallest absolute Gasteiger partial charge is 0.0512 e. The molecule has 0 radical (unpaired) electrons. The second-order valence-corrected chi connectivity index (χ2v) is 8.50. The van der Waals surface area contributed by atoms with Crippen LogP contribution < -0.4 is 0 Å². The number of ether oxygens (including phenoxy) is 1. The van der Waals surface area contributed by atoms with Crippen LogP contribution in [0.25, 0.3) is 0 Å². The molecule has 0 aromatic heterocycles. The Bertz CT molecular complexity index is 530. The fourth-order valence-electron chi connectivity index (χ4n) is 4.76.